The second kappa shape index (κ2) is 6.81. The van der Waals surface area contributed by atoms with Crippen LogP contribution in [0.5, 0.6) is 0 Å². The number of nitrogen functional groups attached to an aromatic ring is 1. The van der Waals surface area contributed by atoms with Gasteiger partial charge in [0.25, 0.3) is 0 Å². The predicted molar refractivity (Wildman–Crippen MR) is 85.0 cm³/mol. The van der Waals surface area contributed by atoms with Crippen molar-refractivity contribution in [1.82, 2.24) is 0 Å². The summed E-state index contributed by atoms with van der Waals surface area (Å²) in [6.45, 7) is 0. The number of rotatable bonds is 4. The summed E-state index contributed by atoms with van der Waals surface area (Å²) in [5.74, 6) is 0. The van der Waals surface area contributed by atoms with Gasteiger partial charge in [-0.2, -0.15) is 0 Å². The van der Waals surface area contributed by atoms with Gasteiger partial charge in [0.1, 0.15) is 0 Å². The Kier molecular flexibility index (Phi) is 4.82. The van der Waals surface area contributed by atoms with Crippen LogP contribution in [0, 0.1) is 0 Å². The third-order valence-corrected chi connectivity index (χ3v) is 2.96. The predicted octanol–water partition coefficient (Wildman–Crippen LogP) is 5.04. The van der Waals surface area contributed by atoms with E-state index < -0.39 is 0 Å². The number of anilines is 1. The lowest BCUT2D eigenvalue weighted by Gasteiger charge is -1.97. The summed E-state index contributed by atoms with van der Waals surface area (Å²) in [6, 6.07) is 15.6. The lowest BCUT2D eigenvalue weighted by molar-refractivity contribution is 1.42. The first-order chi connectivity index (χ1) is 9.25. The molecule has 0 radical (unpaired) electrons. The summed E-state index contributed by atoms with van der Waals surface area (Å²) in [6.07, 6.45) is 9.15. The first kappa shape index (κ1) is 13.4. The Hall–Kier alpha value is -1.99. The van der Waals surface area contributed by atoms with Gasteiger partial charge in [-0.25, -0.2) is 0 Å². The first-order valence-corrected chi connectivity index (χ1v) is 6.56. The fraction of sp³-hybridized carbons (Fsp3) is 0.0588. The third-order valence-electron chi connectivity index (χ3n) is 2.72. The molecule has 0 aliphatic heterocycles. The van der Waals surface area contributed by atoms with Crippen LogP contribution < -0.4 is 5.73 Å². The average molecular weight is 270 g/mol. The standard InChI is InChI=1S/C17H16ClN/c18-16-11-6-8-14(13-16)7-2-1-3-9-15-10-4-5-12-17(15)19/h2-13H,1,19H2/b7-2+,9-3-. The van der Waals surface area contributed by atoms with Crippen molar-refractivity contribution in [1.29, 1.82) is 0 Å². The summed E-state index contributed by atoms with van der Waals surface area (Å²) >= 11 is 5.92. The van der Waals surface area contributed by atoms with Gasteiger partial charge < -0.3 is 5.73 Å². The molecule has 0 spiro atoms. The maximum Gasteiger partial charge on any atom is 0.0411 e. The van der Waals surface area contributed by atoms with E-state index in [-0.39, 0.29) is 0 Å². The minimum Gasteiger partial charge on any atom is -0.398 e. The fourth-order valence-electron chi connectivity index (χ4n) is 1.75. The number of benzene rings is 2. The number of hydrogen-bond donors (Lipinski definition) is 1. The summed E-state index contributed by atoms with van der Waals surface area (Å²) in [5.41, 5.74) is 8.83. The van der Waals surface area contributed by atoms with Crippen LogP contribution in [0.25, 0.3) is 12.2 Å². The molecule has 0 fully saturated rings. The zero-order valence-electron chi connectivity index (χ0n) is 10.6. The molecule has 19 heavy (non-hydrogen) atoms. The van der Waals surface area contributed by atoms with Crippen molar-refractivity contribution >= 4 is 29.4 Å². The van der Waals surface area contributed by atoms with Gasteiger partial charge in [-0.3, -0.25) is 0 Å². The largest absolute Gasteiger partial charge is 0.398 e. The monoisotopic (exact) mass is 269 g/mol. The third kappa shape index (κ3) is 4.31. The zero-order valence-corrected chi connectivity index (χ0v) is 11.3. The van der Waals surface area contributed by atoms with Crippen molar-refractivity contribution < 1.29 is 0 Å². The van der Waals surface area contributed by atoms with Crippen LogP contribution in [-0.4, -0.2) is 0 Å². The van der Waals surface area contributed by atoms with Gasteiger partial charge in [0.05, 0.1) is 0 Å². The molecule has 0 heterocycles. The van der Waals surface area contributed by atoms with Crippen molar-refractivity contribution in [3.8, 4) is 0 Å². The lowest BCUT2D eigenvalue weighted by Crippen LogP contribution is -1.86. The Morgan fingerprint density at radius 2 is 1.74 bits per heavy atom. The summed E-state index contributed by atoms with van der Waals surface area (Å²) in [5, 5.41) is 0.759. The molecule has 2 N–H and O–H groups in total. The van der Waals surface area contributed by atoms with Gasteiger partial charge in [0.15, 0.2) is 0 Å². The zero-order chi connectivity index (χ0) is 13.5. The Bertz CT molecular complexity index is 600. The lowest BCUT2D eigenvalue weighted by atomic mass is 10.1. The van der Waals surface area contributed by atoms with Crippen LogP contribution in [-0.2, 0) is 0 Å². The van der Waals surface area contributed by atoms with Crippen LogP contribution in [0.3, 0.4) is 0 Å². The molecule has 96 valence electrons. The van der Waals surface area contributed by atoms with E-state index >= 15 is 0 Å². The molecule has 0 amide bonds. The molecule has 0 saturated heterocycles. The van der Waals surface area contributed by atoms with Gasteiger partial charge in [-0.05, 0) is 35.7 Å². The molecule has 2 aromatic rings. The van der Waals surface area contributed by atoms with E-state index in [0.29, 0.717) is 0 Å². The van der Waals surface area contributed by atoms with Crippen molar-refractivity contribution in [3.63, 3.8) is 0 Å². The van der Waals surface area contributed by atoms with Gasteiger partial charge in [-0.15, -0.1) is 0 Å². The van der Waals surface area contributed by atoms with E-state index in [1.165, 1.54) is 0 Å². The van der Waals surface area contributed by atoms with E-state index in [2.05, 4.69) is 18.2 Å². The SMILES string of the molecule is Nc1ccccc1/C=C\C/C=C/c1cccc(Cl)c1. The van der Waals surface area contributed by atoms with Crippen molar-refractivity contribution in [2.24, 2.45) is 0 Å². The second-order valence-electron chi connectivity index (χ2n) is 4.22. The highest BCUT2D eigenvalue weighted by Gasteiger charge is 1.90. The molecule has 0 bridgehead atoms. The highest BCUT2D eigenvalue weighted by molar-refractivity contribution is 6.30. The molecular weight excluding hydrogens is 254 g/mol. The molecule has 0 unspecified atom stereocenters. The van der Waals surface area contributed by atoms with E-state index in [9.17, 15) is 0 Å². The normalized spacial score (nSPS) is 11.4. The van der Waals surface area contributed by atoms with Gasteiger partial charge in [-0.1, -0.05) is 66.2 Å². The van der Waals surface area contributed by atoms with Crippen LogP contribution >= 0.6 is 11.6 Å². The molecule has 1 nitrogen and oxygen atoms in total. The smallest absolute Gasteiger partial charge is 0.0411 e. The van der Waals surface area contributed by atoms with Crippen LogP contribution in [0.1, 0.15) is 17.5 Å². The van der Waals surface area contributed by atoms with E-state index in [1.54, 1.807) is 0 Å². The Labute approximate surface area is 119 Å². The number of hydrogen-bond acceptors (Lipinski definition) is 1. The molecule has 0 aliphatic rings. The molecule has 0 aliphatic carbocycles. The quantitative estimate of drug-likeness (QED) is 0.773. The molecule has 0 aromatic heterocycles. The van der Waals surface area contributed by atoms with Crippen LogP contribution in [0.15, 0.2) is 60.7 Å². The fourth-order valence-corrected chi connectivity index (χ4v) is 1.95. The molecule has 2 heteroatoms. The summed E-state index contributed by atoms with van der Waals surface area (Å²) < 4.78 is 0. The minimum atomic E-state index is 0.759. The molecule has 2 aromatic carbocycles. The molecule has 0 saturated carbocycles. The minimum absolute atomic E-state index is 0.759. The van der Waals surface area contributed by atoms with E-state index in [0.717, 1.165) is 28.3 Å². The average Bonchev–Trinajstić information content (AvgIpc) is 2.40. The molecule has 2 rings (SSSR count). The van der Waals surface area contributed by atoms with Crippen molar-refractivity contribution in [2.45, 2.75) is 6.42 Å². The van der Waals surface area contributed by atoms with Crippen molar-refractivity contribution in [3.05, 3.63) is 76.8 Å². The highest BCUT2D eigenvalue weighted by Crippen LogP contribution is 2.14. The Morgan fingerprint density at radius 1 is 0.947 bits per heavy atom. The van der Waals surface area contributed by atoms with Crippen molar-refractivity contribution in [2.75, 3.05) is 5.73 Å². The second-order valence-corrected chi connectivity index (χ2v) is 4.66. The number of nitrogens with two attached hydrogens (primary N) is 1. The van der Waals surface area contributed by atoms with Gasteiger partial charge >= 0.3 is 0 Å². The maximum absolute atomic E-state index is 5.92. The Morgan fingerprint density at radius 3 is 2.53 bits per heavy atom. The van der Waals surface area contributed by atoms with Gasteiger partial charge in [0, 0.05) is 10.7 Å². The van der Waals surface area contributed by atoms with Gasteiger partial charge in [0.2, 0.25) is 0 Å². The molecule has 0 atom stereocenters. The maximum atomic E-state index is 5.92. The van der Waals surface area contributed by atoms with E-state index in [1.807, 2.05) is 54.6 Å². The highest BCUT2D eigenvalue weighted by atomic mass is 35.5. The Balaban J connectivity index is 1.92. The topological polar surface area (TPSA) is 26.0 Å². The number of halogens is 1. The summed E-state index contributed by atoms with van der Waals surface area (Å²) in [4.78, 5) is 0. The van der Waals surface area contributed by atoms with E-state index in [4.69, 9.17) is 17.3 Å². The van der Waals surface area contributed by atoms with Crippen LogP contribution in [0.4, 0.5) is 5.69 Å². The summed E-state index contributed by atoms with van der Waals surface area (Å²) in [7, 11) is 0. The number of allylic oxidation sites excluding steroid dienone is 2. The molecular formula is C17H16ClN. The number of para-hydroxylation sites is 1. The first-order valence-electron chi connectivity index (χ1n) is 6.19. The van der Waals surface area contributed by atoms with Crippen LogP contribution in [0.2, 0.25) is 5.02 Å².